The average Bonchev–Trinajstić information content (AvgIpc) is 2.41. The lowest BCUT2D eigenvalue weighted by atomic mass is 10.1. The maximum absolute atomic E-state index is 12.2. The molecule has 1 heterocycles. The second-order valence-corrected chi connectivity index (χ2v) is 6.16. The number of anilines is 1. The molecule has 21 heavy (non-hydrogen) atoms. The molecule has 0 saturated heterocycles. The number of halogens is 1. The Bertz CT molecular complexity index is 791. The van der Waals surface area contributed by atoms with Gasteiger partial charge in [-0.05, 0) is 36.2 Å². The summed E-state index contributed by atoms with van der Waals surface area (Å²) in [6.07, 6.45) is 2.18. The lowest BCUT2D eigenvalue weighted by molar-refractivity contribution is 0.0999. The van der Waals surface area contributed by atoms with E-state index in [0.717, 1.165) is 12.4 Å². The third-order valence-electron chi connectivity index (χ3n) is 2.75. The van der Waals surface area contributed by atoms with Gasteiger partial charge in [0.2, 0.25) is 11.2 Å². The van der Waals surface area contributed by atoms with Crippen LogP contribution in [0.5, 0.6) is 0 Å². The van der Waals surface area contributed by atoms with Gasteiger partial charge in [-0.3, -0.25) is 9.52 Å². The lowest BCUT2D eigenvalue weighted by Gasteiger charge is -2.12. The van der Waals surface area contributed by atoms with Crippen LogP contribution in [-0.2, 0) is 10.0 Å². The van der Waals surface area contributed by atoms with E-state index in [9.17, 15) is 13.2 Å². The van der Waals surface area contributed by atoms with E-state index in [2.05, 4.69) is 14.7 Å². The Balaban J connectivity index is 2.39. The highest BCUT2D eigenvalue weighted by molar-refractivity contribution is 7.92. The van der Waals surface area contributed by atoms with Crippen molar-refractivity contribution in [1.82, 2.24) is 9.97 Å². The normalized spacial score (nSPS) is 11.1. The summed E-state index contributed by atoms with van der Waals surface area (Å²) in [7, 11) is -3.88. The van der Waals surface area contributed by atoms with Crippen molar-refractivity contribution in [2.75, 3.05) is 4.72 Å². The summed E-state index contributed by atoms with van der Waals surface area (Å²) in [5, 5.41) is -0.0548. The van der Waals surface area contributed by atoms with Gasteiger partial charge in [-0.15, -0.1) is 0 Å². The van der Waals surface area contributed by atoms with Crippen molar-refractivity contribution < 1.29 is 13.2 Å². The fourth-order valence-electron chi connectivity index (χ4n) is 1.66. The molecule has 2 rings (SSSR count). The quantitative estimate of drug-likeness (QED) is 0.822. The third-order valence-corrected chi connectivity index (χ3v) is 4.27. The molecule has 0 spiro atoms. The highest BCUT2D eigenvalue weighted by Gasteiger charge is 2.18. The number of sulfonamides is 1. The molecule has 7 nitrogen and oxygen atoms in total. The van der Waals surface area contributed by atoms with E-state index in [1.807, 2.05) is 0 Å². The number of nitrogens with two attached hydrogens (primary N) is 1. The summed E-state index contributed by atoms with van der Waals surface area (Å²) in [6, 6.07) is 4.57. The molecular formula is C12H11ClN4O3S. The Kier molecular flexibility index (Phi) is 4.10. The Labute approximate surface area is 126 Å². The predicted octanol–water partition coefficient (Wildman–Crippen LogP) is 1.34. The lowest BCUT2D eigenvalue weighted by Crippen LogP contribution is -2.17. The molecule has 110 valence electrons. The second-order valence-electron chi connectivity index (χ2n) is 4.14. The standard InChI is InChI=1S/C12H11ClN4O3S/c1-7-9(11(14)18)3-2-4-10(7)17-21(19,20)8-5-15-12(13)16-6-8/h2-6,17H,1H3,(H2,14,18). The first-order chi connectivity index (χ1) is 9.81. The van der Waals surface area contributed by atoms with E-state index in [1.54, 1.807) is 6.92 Å². The molecule has 1 aromatic heterocycles. The number of carbonyl (C=O) groups excluding carboxylic acids is 1. The highest BCUT2D eigenvalue weighted by Crippen LogP contribution is 2.22. The minimum Gasteiger partial charge on any atom is -0.366 e. The number of hydrogen-bond acceptors (Lipinski definition) is 5. The molecule has 0 aliphatic carbocycles. The van der Waals surface area contributed by atoms with Crippen molar-refractivity contribution in [3.05, 3.63) is 47.0 Å². The van der Waals surface area contributed by atoms with E-state index in [1.165, 1.54) is 18.2 Å². The van der Waals surface area contributed by atoms with Crippen molar-refractivity contribution in [3.63, 3.8) is 0 Å². The molecule has 0 aliphatic rings. The molecule has 0 atom stereocenters. The number of aromatic nitrogens is 2. The molecule has 3 N–H and O–H groups in total. The van der Waals surface area contributed by atoms with Crippen LogP contribution >= 0.6 is 11.6 Å². The molecule has 1 aromatic carbocycles. The Hall–Kier alpha value is -2.19. The maximum Gasteiger partial charge on any atom is 0.264 e. The van der Waals surface area contributed by atoms with Gasteiger partial charge < -0.3 is 5.73 Å². The SMILES string of the molecule is Cc1c(NS(=O)(=O)c2cnc(Cl)nc2)cccc1C(N)=O. The average molecular weight is 327 g/mol. The zero-order valence-corrected chi connectivity index (χ0v) is 12.4. The van der Waals surface area contributed by atoms with Crippen LogP contribution in [0.25, 0.3) is 0 Å². The number of rotatable bonds is 4. The number of nitrogens with one attached hydrogen (secondary N) is 1. The molecule has 0 radical (unpaired) electrons. The minimum absolute atomic E-state index is 0.0548. The number of nitrogens with zero attached hydrogens (tertiary/aromatic N) is 2. The smallest absolute Gasteiger partial charge is 0.264 e. The van der Waals surface area contributed by atoms with Crippen molar-refractivity contribution in [2.24, 2.45) is 5.73 Å². The minimum atomic E-state index is -3.88. The maximum atomic E-state index is 12.2. The number of hydrogen-bond donors (Lipinski definition) is 2. The Morgan fingerprint density at radius 2 is 1.90 bits per heavy atom. The summed E-state index contributed by atoms with van der Waals surface area (Å²) < 4.78 is 26.8. The molecular weight excluding hydrogens is 316 g/mol. The monoisotopic (exact) mass is 326 g/mol. The van der Waals surface area contributed by atoms with Gasteiger partial charge in [-0.25, -0.2) is 18.4 Å². The van der Waals surface area contributed by atoms with Gasteiger partial charge in [0.15, 0.2) is 0 Å². The van der Waals surface area contributed by atoms with Gasteiger partial charge in [0, 0.05) is 5.56 Å². The Morgan fingerprint density at radius 3 is 2.48 bits per heavy atom. The second kappa shape index (κ2) is 5.66. The van der Waals surface area contributed by atoms with E-state index in [-0.39, 0.29) is 21.4 Å². The first kappa shape index (κ1) is 15.2. The first-order valence-corrected chi connectivity index (χ1v) is 7.57. The summed E-state index contributed by atoms with van der Waals surface area (Å²) in [6.45, 7) is 1.59. The van der Waals surface area contributed by atoms with Crippen LogP contribution in [0.3, 0.4) is 0 Å². The van der Waals surface area contributed by atoms with Gasteiger partial charge in [0.05, 0.1) is 18.1 Å². The van der Waals surface area contributed by atoms with Crippen LogP contribution in [0.15, 0.2) is 35.5 Å². The van der Waals surface area contributed by atoms with Crippen LogP contribution in [-0.4, -0.2) is 24.3 Å². The van der Waals surface area contributed by atoms with Crippen molar-refractivity contribution in [1.29, 1.82) is 0 Å². The predicted molar refractivity (Wildman–Crippen MR) is 77.5 cm³/mol. The first-order valence-electron chi connectivity index (χ1n) is 5.71. The van der Waals surface area contributed by atoms with E-state index in [4.69, 9.17) is 17.3 Å². The van der Waals surface area contributed by atoms with E-state index in [0.29, 0.717) is 5.56 Å². The van der Waals surface area contributed by atoms with Gasteiger partial charge in [0.1, 0.15) is 4.90 Å². The Morgan fingerprint density at radius 1 is 1.29 bits per heavy atom. The zero-order chi connectivity index (χ0) is 15.6. The number of benzene rings is 1. The largest absolute Gasteiger partial charge is 0.366 e. The van der Waals surface area contributed by atoms with Crippen molar-refractivity contribution in [3.8, 4) is 0 Å². The van der Waals surface area contributed by atoms with Crippen molar-refractivity contribution >= 4 is 33.2 Å². The van der Waals surface area contributed by atoms with E-state index >= 15 is 0 Å². The summed E-state index contributed by atoms with van der Waals surface area (Å²) in [5.74, 6) is -0.636. The van der Waals surface area contributed by atoms with Gasteiger partial charge in [-0.2, -0.15) is 0 Å². The third kappa shape index (κ3) is 3.29. The van der Waals surface area contributed by atoms with Crippen LogP contribution in [0.1, 0.15) is 15.9 Å². The molecule has 9 heteroatoms. The van der Waals surface area contributed by atoms with Crippen LogP contribution < -0.4 is 10.5 Å². The van der Waals surface area contributed by atoms with Gasteiger partial charge >= 0.3 is 0 Å². The van der Waals surface area contributed by atoms with Crippen molar-refractivity contribution in [2.45, 2.75) is 11.8 Å². The fraction of sp³-hybridized carbons (Fsp3) is 0.0833. The molecule has 0 unspecified atom stereocenters. The van der Waals surface area contributed by atoms with Gasteiger partial charge in [-0.1, -0.05) is 6.07 Å². The summed E-state index contributed by atoms with van der Waals surface area (Å²) in [5.41, 5.74) is 6.15. The van der Waals surface area contributed by atoms with Crippen LogP contribution in [0, 0.1) is 6.92 Å². The number of primary amides is 1. The van der Waals surface area contributed by atoms with E-state index < -0.39 is 15.9 Å². The number of amides is 1. The molecule has 1 amide bonds. The zero-order valence-electron chi connectivity index (χ0n) is 10.9. The topological polar surface area (TPSA) is 115 Å². The molecule has 2 aromatic rings. The summed E-state index contributed by atoms with van der Waals surface area (Å²) in [4.78, 5) is 18.3. The molecule has 0 aliphatic heterocycles. The van der Waals surface area contributed by atoms with Gasteiger partial charge in [0.25, 0.3) is 10.0 Å². The summed E-state index contributed by atoms with van der Waals surface area (Å²) >= 11 is 5.51. The highest BCUT2D eigenvalue weighted by atomic mass is 35.5. The fourth-order valence-corrected chi connectivity index (χ4v) is 2.77. The molecule has 0 saturated carbocycles. The molecule has 0 fully saturated rings. The van der Waals surface area contributed by atoms with Crippen LogP contribution in [0.4, 0.5) is 5.69 Å². The number of carbonyl (C=O) groups is 1. The molecule has 0 bridgehead atoms. The van der Waals surface area contributed by atoms with Crippen LogP contribution in [0.2, 0.25) is 5.28 Å².